The second-order valence-corrected chi connectivity index (χ2v) is 28.0. The van der Waals surface area contributed by atoms with E-state index in [1.54, 1.807) is 14.2 Å². The van der Waals surface area contributed by atoms with Gasteiger partial charge >= 0.3 is 0 Å². The Balaban J connectivity index is 1.17. The number of rotatable bonds is 20. The number of ether oxygens (including phenoxy) is 2. The van der Waals surface area contributed by atoms with Crippen molar-refractivity contribution in [3.05, 3.63) is 180 Å². The van der Waals surface area contributed by atoms with Crippen molar-refractivity contribution in [2.45, 2.75) is 104 Å². The van der Waals surface area contributed by atoms with Gasteiger partial charge in [0.15, 0.2) is 0 Å². The van der Waals surface area contributed by atoms with Crippen molar-refractivity contribution in [2.24, 2.45) is 0 Å². The van der Waals surface area contributed by atoms with E-state index >= 15 is 0 Å². The summed E-state index contributed by atoms with van der Waals surface area (Å²) in [5.74, 6) is 1.75. The van der Waals surface area contributed by atoms with Crippen LogP contribution in [-0.4, -0.2) is 44.1 Å². The fraction of sp³-hybridized carbons (Fsp3) is 0.345. The monoisotopic (exact) mass is 888 g/mol. The number of hydrogen-bond donors (Lipinski definition) is 0. The molecule has 64 heavy (non-hydrogen) atoms. The maximum Gasteiger partial charge on any atom is 0.261 e. The zero-order valence-corrected chi connectivity index (χ0v) is 42.3. The van der Waals surface area contributed by atoms with Crippen LogP contribution >= 0.6 is 0 Å². The quantitative estimate of drug-likeness (QED) is 0.0565. The SMILES string of the molecule is COc1ccc(OC)c2cc(CCC/C(C)=C\CO[Si](c3ccccc3)(c3ccccc3)C(C)(C)C)c(CCC/C(C)=C\CO[Si](c3ccccc3)(c3ccccc3)C(C)(C)C)cc12. The molecule has 0 aromatic heterocycles. The molecular formula is C58H72O4Si2. The molecule has 0 radical (unpaired) electrons. The van der Waals surface area contributed by atoms with E-state index in [-0.39, 0.29) is 10.1 Å². The number of methoxy groups -OCH3 is 2. The molecule has 0 atom stereocenters. The van der Waals surface area contributed by atoms with Gasteiger partial charge in [0.25, 0.3) is 16.6 Å². The lowest BCUT2D eigenvalue weighted by atomic mass is 9.92. The first kappa shape index (κ1) is 48.5. The molecule has 0 unspecified atom stereocenters. The highest BCUT2D eigenvalue weighted by Crippen LogP contribution is 2.39. The minimum Gasteiger partial charge on any atom is -0.496 e. The summed E-state index contributed by atoms with van der Waals surface area (Å²) in [6.07, 6.45) is 10.7. The van der Waals surface area contributed by atoms with E-state index in [0.29, 0.717) is 13.2 Å². The highest BCUT2D eigenvalue weighted by Gasteiger charge is 2.51. The van der Waals surface area contributed by atoms with E-state index in [4.69, 9.17) is 18.3 Å². The summed E-state index contributed by atoms with van der Waals surface area (Å²) in [6.45, 7) is 19.7. The summed E-state index contributed by atoms with van der Waals surface area (Å²) in [5.41, 5.74) is 5.49. The third kappa shape index (κ3) is 10.9. The van der Waals surface area contributed by atoms with E-state index in [2.05, 4.69) is 201 Å². The first-order valence-electron chi connectivity index (χ1n) is 23.2. The van der Waals surface area contributed by atoms with Gasteiger partial charge in [-0.3, -0.25) is 0 Å². The van der Waals surface area contributed by atoms with E-state index in [1.165, 1.54) is 43.0 Å². The molecule has 6 heteroatoms. The van der Waals surface area contributed by atoms with Crippen LogP contribution in [-0.2, 0) is 21.7 Å². The van der Waals surface area contributed by atoms with Gasteiger partial charge in [0.1, 0.15) is 11.5 Å². The third-order valence-electron chi connectivity index (χ3n) is 13.0. The van der Waals surface area contributed by atoms with Crippen molar-refractivity contribution in [3.8, 4) is 11.5 Å². The molecule has 6 aromatic rings. The third-order valence-corrected chi connectivity index (χ3v) is 23.0. The normalized spacial score (nSPS) is 13.0. The van der Waals surface area contributed by atoms with Crippen LogP contribution in [0.1, 0.15) is 92.2 Å². The fourth-order valence-corrected chi connectivity index (χ4v) is 18.7. The number of aryl methyl sites for hydroxylation is 2. The smallest absolute Gasteiger partial charge is 0.261 e. The maximum absolute atomic E-state index is 7.20. The first-order valence-corrected chi connectivity index (χ1v) is 27.0. The fourth-order valence-electron chi connectivity index (χ4n) is 9.71. The number of allylic oxidation sites excluding steroid dienone is 2. The molecule has 0 bridgehead atoms. The van der Waals surface area contributed by atoms with Gasteiger partial charge in [-0.05, 0) is 119 Å². The Kier molecular flexibility index (Phi) is 16.5. The van der Waals surface area contributed by atoms with Crippen LogP contribution in [0.25, 0.3) is 10.8 Å². The van der Waals surface area contributed by atoms with Crippen LogP contribution in [0.5, 0.6) is 11.5 Å². The van der Waals surface area contributed by atoms with Crippen molar-refractivity contribution in [1.82, 2.24) is 0 Å². The lowest BCUT2D eigenvalue weighted by Crippen LogP contribution is -2.66. The second-order valence-electron chi connectivity index (χ2n) is 19.4. The van der Waals surface area contributed by atoms with Gasteiger partial charge < -0.3 is 18.3 Å². The Hall–Kier alpha value is -4.99. The summed E-state index contributed by atoms with van der Waals surface area (Å²) in [5, 5.41) is 7.33. The molecule has 0 N–H and O–H groups in total. The molecule has 0 spiro atoms. The average molecular weight is 889 g/mol. The predicted octanol–water partition coefficient (Wildman–Crippen LogP) is 12.5. The number of hydrogen-bond acceptors (Lipinski definition) is 4. The summed E-state index contributed by atoms with van der Waals surface area (Å²) in [4.78, 5) is 0. The molecule has 0 aliphatic carbocycles. The molecule has 0 amide bonds. The lowest BCUT2D eigenvalue weighted by Gasteiger charge is -2.42. The molecular weight excluding hydrogens is 817 g/mol. The topological polar surface area (TPSA) is 36.9 Å². The largest absolute Gasteiger partial charge is 0.496 e. The van der Waals surface area contributed by atoms with Crippen molar-refractivity contribution >= 4 is 48.2 Å². The molecule has 0 aliphatic heterocycles. The zero-order valence-electron chi connectivity index (χ0n) is 40.3. The number of benzene rings is 6. The van der Waals surface area contributed by atoms with Crippen LogP contribution < -0.4 is 30.2 Å². The Labute approximate surface area is 387 Å². The van der Waals surface area contributed by atoms with Crippen molar-refractivity contribution < 1.29 is 18.3 Å². The van der Waals surface area contributed by atoms with Gasteiger partial charge in [-0.2, -0.15) is 0 Å². The predicted molar refractivity (Wildman–Crippen MR) is 278 cm³/mol. The van der Waals surface area contributed by atoms with Crippen molar-refractivity contribution in [3.63, 3.8) is 0 Å². The van der Waals surface area contributed by atoms with Crippen molar-refractivity contribution in [2.75, 3.05) is 27.4 Å². The van der Waals surface area contributed by atoms with E-state index in [1.807, 2.05) is 12.1 Å². The maximum atomic E-state index is 7.20. The minimum absolute atomic E-state index is 0.0553. The van der Waals surface area contributed by atoms with Crippen LogP contribution in [0.2, 0.25) is 10.1 Å². The standard InChI is InChI=1S/C58H72O4Si2/c1-45(39-41-61-63(57(3,4)5,49-29-15-11-16-30-49)50-31-17-12-18-32-50)25-23-27-47-43-53-54(56(60-10)38-37-55(53)59-9)44-48(47)28-24-26-46(2)40-42-62-64(58(6,7)8,51-33-19-13-20-34-51)52-35-21-14-22-36-52/h11-22,29-40,43-44H,23-28,41-42H2,1-10H3/b45-39-,46-40-. The molecule has 0 saturated carbocycles. The van der Waals surface area contributed by atoms with Crippen LogP contribution in [0, 0.1) is 0 Å². The average Bonchev–Trinajstić information content (AvgIpc) is 3.29. The summed E-state index contributed by atoms with van der Waals surface area (Å²) < 4.78 is 26.2. The molecule has 4 nitrogen and oxygen atoms in total. The van der Waals surface area contributed by atoms with Gasteiger partial charge in [0, 0.05) is 10.8 Å². The molecule has 0 fully saturated rings. The van der Waals surface area contributed by atoms with E-state index in [9.17, 15) is 0 Å². The molecule has 6 rings (SSSR count). The molecule has 336 valence electrons. The summed E-state index contributed by atoms with van der Waals surface area (Å²) in [7, 11) is -1.69. The molecule has 0 saturated heterocycles. The van der Waals surface area contributed by atoms with Gasteiger partial charge in [0.2, 0.25) is 0 Å². The first-order chi connectivity index (χ1) is 30.7. The zero-order chi connectivity index (χ0) is 45.8. The Bertz CT molecular complexity index is 2200. The van der Waals surface area contributed by atoms with E-state index in [0.717, 1.165) is 60.8 Å². The second kappa shape index (κ2) is 21.8. The van der Waals surface area contributed by atoms with Gasteiger partial charge in [-0.25, -0.2) is 0 Å². The van der Waals surface area contributed by atoms with E-state index < -0.39 is 16.6 Å². The minimum atomic E-state index is -2.60. The van der Waals surface area contributed by atoms with Crippen LogP contribution in [0.3, 0.4) is 0 Å². The van der Waals surface area contributed by atoms with Gasteiger partial charge in [-0.15, -0.1) is 0 Å². The van der Waals surface area contributed by atoms with Gasteiger partial charge in [0.05, 0.1) is 27.4 Å². The van der Waals surface area contributed by atoms with Crippen LogP contribution in [0.4, 0.5) is 0 Å². The lowest BCUT2D eigenvalue weighted by molar-refractivity contribution is 0.338. The highest BCUT2D eigenvalue weighted by atomic mass is 28.4. The number of fused-ring (bicyclic) bond motifs is 1. The molecule has 0 aliphatic rings. The Morgan fingerprint density at radius 3 is 1.02 bits per heavy atom. The van der Waals surface area contributed by atoms with Crippen LogP contribution in [0.15, 0.2) is 169 Å². The van der Waals surface area contributed by atoms with Gasteiger partial charge in [-0.1, -0.05) is 186 Å². The molecule has 6 aromatic carbocycles. The highest BCUT2D eigenvalue weighted by molar-refractivity contribution is 7.00. The summed E-state index contributed by atoms with van der Waals surface area (Å²) >= 11 is 0. The Morgan fingerprint density at radius 2 is 0.750 bits per heavy atom. The molecule has 0 heterocycles. The van der Waals surface area contributed by atoms with Crippen molar-refractivity contribution in [1.29, 1.82) is 0 Å². The summed E-state index contributed by atoms with van der Waals surface area (Å²) in [6, 6.07) is 52.4. The Morgan fingerprint density at radius 1 is 0.453 bits per heavy atom.